The van der Waals surface area contributed by atoms with E-state index in [1.165, 1.54) is 29.6 Å². The molecule has 29 heavy (non-hydrogen) atoms. The van der Waals surface area contributed by atoms with Gasteiger partial charge in [0.1, 0.15) is 6.54 Å². The molecule has 10 heteroatoms. The number of esters is 1. The van der Waals surface area contributed by atoms with Gasteiger partial charge in [-0.3, -0.25) is 23.5 Å². The van der Waals surface area contributed by atoms with Gasteiger partial charge >= 0.3 is 11.7 Å². The number of nitrogens with one attached hydrogen (secondary N) is 1. The Hall–Kier alpha value is -3.69. The van der Waals surface area contributed by atoms with E-state index in [0.29, 0.717) is 5.69 Å². The van der Waals surface area contributed by atoms with E-state index >= 15 is 0 Å². The van der Waals surface area contributed by atoms with Crippen molar-refractivity contribution in [2.75, 3.05) is 11.9 Å². The van der Waals surface area contributed by atoms with Gasteiger partial charge in [-0.2, -0.15) is 0 Å². The van der Waals surface area contributed by atoms with Gasteiger partial charge in [-0.1, -0.05) is 12.1 Å². The van der Waals surface area contributed by atoms with Crippen LogP contribution in [-0.2, 0) is 35.0 Å². The third-order valence-corrected chi connectivity index (χ3v) is 4.55. The minimum Gasteiger partial charge on any atom is -0.454 e. The second-order valence-corrected chi connectivity index (χ2v) is 6.78. The van der Waals surface area contributed by atoms with Crippen LogP contribution in [0.5, 0.6) is 0 Å². The Morgan fingerprint density at radius 3 is 2.59 bits per heavy atom. The lowest BCUT2D eigenvalue weighted by Gasteiger charge is -2.10. The maximum atomic E-state index is 12.4. The molecule has 0 bridgehead atoms. The zero-order valence-corrected chi connectivity index (χ0v) is 16.6. The quantitative estimate of drug-likeness (QED) is 0.614. The topological polar surface area (TPSA) is 117 Å². The lowest BCUT2D eigenvalue weighted by atomic mass is 10.1. The molecule has 0 fully saturated rings. The van der Waals surface area contributed by atoms with E-state index in [1.807, 2.05) is 32.0 Å². The van der Waals surface area contributed by atoms with Gasteiger partial charge in [-0.25, -0.2) is 9.78 Å². The molecule has 2 aromatic heterocycles. The molecule has 1 aromatic carbocycles. The predicted octanol–water partition coefficient (Wildman–Crippen LogP) is 0.232. The molecule has 0 unspecified atom stereocenters. The van der Waals surface area contributed by atoms with Crippen LogP contribution in [0.4, 0.5) is 5.69 Å². The number of aryl methyl sites for hydroxylation is 3. The Labute approximate surface area is 165 Å². The van der Waals surface area contributed by atoms with Crippen molar-refractivity contribution in [1.82, 2.24) is 18.7 Å². The van der Waals surface area contributed by atoms with Crippen LogP contribution in [0.25, 0.3) is 11.2 Å². The maximum absolute atomic E-state index is 12.4. The van der Waals surface area contributed by atoms with Gasteiger partial charge in [-0.15, -0.1) is 0 Å². The minimum atomic E-state index is -0.712. The first-order valence-corrected chi connectivity index (χ1v) is 8.82. The smallest absolute Gasteiger partial charge is 0.332 e. The number of anilines is 1. The number of hydrogen-bond donors (Lipinski definition) is 1. The highest BCUT2D eigenvalue weighted by Gasteiger charge is 2.17. The normalized spacial score (nSPS) is 10.9. The van der Waals surface area contributed by atoms with Crippen LogP contribution in [0.2, 0.25) is 0 Å². The number of hydrogen-bond acceptors (Lipinski definition) is 6. The first kappa shape index (κ1) is 20.1. The van der Waals surface area contributed by atoms with Crippen LogP contribution >= 0.6 is 0 Å². The van der Waals surface area contributed by atoms with E-state index < -0.39 is 29.7 Å². The summed E-state index contributed by atoms with van der Waals surface area (Å²) in [5.74, 6) is -1.18. The second kappa shape index (κ2) is 7.74. The first-order chi connectivity index (χ1) is 13.7. The number of imidazole rings is 1. The molecule has 0 spiro atoms. The molecule has 2 heterocycles. The highest BCUT2D eigenvalue weighted by molar-refractivity contribution is 5.93. The summed E-state index contributed by atoms with van der Waals surface area (Å²) in [6.45, 7) is 2.99. The molecule has 0 radical (unpaired) electrons. The first-order valence-electron chi connectivity index (χ1n) is 8.82. The molecule has 1 amide bonds. The van der Waals surface area contributed by atoms with E-state index in [2.05, 4.69) is 10.3 Å². The van der Waals surface area contributed by atoms with Crippen LogP contribution in [-0.4, -0.2) is 37.2 Å². The van der Waals surface area contributed by atoms with Crippen molar-refractivity contribution in [1.29, 1.82) is 0 Å². The Kier molecular flexibility index (Phi) is 5.35. The summed E-state index contributed by atoms with van der Waals surface area (Å²) in [6, 6.07) is 5.64. The van der Waals surface area contributed by atoms with Crippen molar-refractivity contribution in [3.05, 3.63) is 56.5 Å². The molecule has 0 aliphatic rings. The summed E-state index contributed by atoms with van der Waals surface area (Å²) in [4.78, 5) is 52.6. The van der Waals surface area contributed by atoms with Crippen molar-refractivity contribution >= 4 is 28.7 Å². The standard InChI is InChI=1S/C19H21N5O5/c1-11-5-6-12(2)13(7-11)21-14(25)9-29-15(26)8-24-10-20-17-16(24)18(27)23(4)19(28)22(17)3/h5-7,10H,8-9H2,1-4H3,(H,21,25). The summed E-state index contributed by atoms with van der Waals surface area (Å²) in [7, 11) is 2.83. The number of carbonyl (C=O) groups excluding carboxylic acids is 2. The highest BCUT2D eigenvalue weighted by atomic mass is 16.5. The fraction of sp³-hybridized carbons (Fsp3) is 0.316. The zero-order chi connectivity index (χ0) is 21.3. The van der Waals surface area contributed by atoms with Gasteiger partial charge in [0, 0.05) is 19.8 Å². The number of fused-ring (bicyclic) bond motifs is 1. The third kappa shape index (κ3) is 3.96. The molecular weight excluding hydrogens is 378 g/mol. The van der Waals surface area contributed by atoms with Crippen LogP contribution in [0.15, 0.2) is 34.1 Å². The van der Waals surface area contributed by atoms with Crippen molar-refractivity contribution < 1.29 is 14.3 Å². The summed E-state index contributed by atoms with van der Waals surface area (Å²) in [5.41, 5.74) is 1.72. The van der Waals surface area contributed by atoms with Crippen LogP contribution in [0, 0.1) is 13.8 Å². The average molecular weight is 399 g/mol. The highest BCUT2D eigenvalue weighted by Crippen LogP contribution is 2.16. The minimum absolute atomic E-state index is 0.103. The summed E-state index contributed by atoms with van der Waals surface area (Å²) >= 11 is 0. The predicted molar refractivity (Wildman–Crippen MR) is 106 cm³/mol. The van der Waals surface area contributed by atoms with Gasteiger partial charge in [0.15, 0.2) is 17.8 Å². The molecule has 0 saturated heterocycles. The molecule has 0 saturated carbocycles. The Bertz CT molecular complexity index is 1230. The van der Waals surface area contributed by atoms with Crippen LogP contribution in [0.1, 0.15) is 11.1 Å². The Morgan fingerprint density at radius 2 is 1.86 bits per heavy atom. The van der Waals surface area contributed by atoms with E-state index in [-0.39, 0.29) is 17.7 Å². The average Bonchev–Trinajstić information content (AvgIpc) is 3.09. The number of amides is 1. The van der Waals surface area contributed by atoms with Gasteiger partial charge in [0.25, 0.3) is 11.5 Å². The lowest BCUT2D eigenvalue weighted by molar-refractivity contribution is -0.147. The van der Waals surface area contributed by atoms with E-state index in [9.17, 15) is 19.2 Å². The third-order valence-electron chi connectivity index (χ3n) is 4.55. The summed E-state index contributed by atoms with van der Waals surface area (Å²) in [6.07, 6.45) is 1.28. The van der Waals surface area contributed by atoms with Crippen molar-refractivity contribution in [2.45, 2.75) is 20.4 Å². The van der Waals surface area contributed by atoms with Crippen molar-refractivity contribution in [2.24, 2.45) is 14.1 Å². The zero-order valence-electron chi connectivity index (χ0n) is 16.6. The summed E-state index contributed by atoms with van der Waals surface area (Å²) < 4.78 is 8.46. The molecule has 1 N–H and O–H groups in total. The molecular formula is C19H21N5O5. The lowest BCUT2D eigenvalue weighted by Crippen LogP contribution is -2.37. The summed E-state index contributed by atoms with van der Waals surface area (Å²) in [5, 5.41) is 2.70. The number of nitrogens with zero attached hydrogens (tertiary/aromatic N) is 4. The molecule has 0 aliphatic heterocycles. The molecule has 3 aromatic rings. The van der Waals surface area contributed by atoms with Crippen molar-refractivity contribution in [3.63, 3.8) is 0 Å². The Balaban J connectivity index is 1.69. The number of ether oxygens (including phenoxy) is 1. The Morgan fingerprint density at radius 1 is 1.14 bits per heavy atom. The van der Waals surface area contributed by atoms with E-state index in [4.69, 9.17) is 4.74 Å². The molecule has 152 valence electrons. The number of benzene rings is 1. The van der Waals surface area contributed by atoms with E-state index in [1.54, 1.807) is 0 Å². The van der Waals surface area contributed by atoms with Crippen LogP contribution < -0.4 is 16.6 Å². The SMILES string of the molecule is Cc1ccc(C)c(NC(=O)COC(=O)Cn2cnc3c2c(=O)n(C)c(=O)n3C)c1. The maximum Gasteiger partial charge on any atom is 0.332 e. The monoisotopic (exact) mass is 399 g/mol. The van der Waals surface area contributed by atoms with Crippen molar-refractivity contribution in [3.8, 4) is 0 Å². The number of rotatable bonds is 5. The largest absolute Gasteiger partial charge is 0.454 e. The molecule has 0 aliphatic carbocycles. The van der Waals surface area contributed by atoms with Gasteiger partial charge < -0.3 is 14.6 Å². The van der Waals surface area contributed by atoms with Gasteiger partial charge in [0.2, 0.25) is 0 Å². The number of carbonyl (C=O) groups is 2. The van der Waals surface area contributed by atoms with Crippen LogP contribution in [0.3, 0.4) is 0 Å². The van der Waals surface area contributed by atoms with Gasteiger partial charge in [-0.05, 0) is 31.0 Å². The fourth-order valence-electron chi connectivity index (χ4n) is 2.90. The molecule has 10 nitrogen and oxygen atoms in total. The molecule has 0 atom stereocenters. The fourth-order valence-corrected chi connectivity index (χ4v) is 2.90. The van der Waals surface area contributed by atoms with Gasteiger partial charge in [0.05, 0.1) is 6.33 Å². The molecule has 3 rings (SSSR count). The second-order valence-electron chi connectivity index (χ2n) is 6.78. The van der Waals surface area contributed by atoms with E-state index in [0.717, 1.165) is 15.7 Å². The number of aromatic nitrogens is 4.